The van der Waals surface area contributed by atoms with Crippen molar-refractivity contribution in [2.45, 2.75) is 63.5 Å². The molecule has 0 radical (unpaired) electrons. The van der Waals surface area contributed by atoms with Crippen LogP contribution in [0.4, 0.5) is 5.69 Å². The van der Waals surface area contributed by atoms with Gasteiger partial charge in [0, 0.05) is 11.7 Å². The van der Waals surface area contributed by atoms with E-state index in [2.05, 4.69) is 23.5 Å². The van der Waals surface area contributed by atoms with E-state index in [0.717, 1.165) is 25.7 Å². The van der Waals surface area contributed by atoms with E-state index in [0.29, 0.717) is 6.04 Å². The second-order valence-electron chi connectivity index (χ2n) is 5.84. The molecule has 1 fully saturated rings. The quantitative estimate of drug-likeness (QED) is 0.838. The molecule has 0 bridgehead atoms. The molecule has 2 nitrogen and oxygen atoms in total. The molecule has 98 valence electrons. The number of aliphatic hydroxyl groups excluding tert-OH is 1. The van der Waals surface area contributed by atoms with Gasteiger partial charge in [0.05, 0.1) is 6.10 Å². The molecule has 0 spiro atoms. The SMILES string of the molecule is OC1CCC(Nc2ccc3c(c2)CCCC3)CC1. The summed E-state index contributed by atoms with van der Waals surface area (Å²) >= 11 is 0. The lowest BCUT2D eigenvalue weighted by Crippen LogP contribution is -2.28. The Morgan fingerprint density at radius 2 is 1.67 bits per heavy atom. The van der Waals surface area contributed by atoms with Crippen LogP contribution in [0.25, 0.3) is 0 Å². The molecule has 0 atom stereocenters. The molecule has 1 aromatic rings. The smallest absolute Gasteiger partial charge is 0.0541 e. The summed E-state index contributed by atoms with van der Waals surface area (Å²) in [6, 6.07) is 7.43. The first-order chi connectivity index (χ1) is 8.81. The van der Waals surface area contributed by atoms with Gasteiger partial charge in [0.1, 0.15) is 0 Å². The Balaban J connectivity index is 1.66. The highest BCUT2D eigenvalue weighted by Crippen LogP contribution is 2.27. The Bertz CT molecular complexity index is 408. The average molecular weight is 245 g/mol. The Morgan fingerprint density at radius 3 is 2.44 bits per heavy atom. The average Bonchev–Trinajstić information content (AvgIpc) is 2.41. The van der Waals surface area contributed by atoms with Crippen LogP contribution in [0.3, 0.4) is 0 Å². The standard InChI is InChI=1S/C16H23NO/c18-16-9-7-14(8-10-16)17-15-6-5-12-3-1-2-4-13(12)11-15/h5-6,11,14,16-18H,1-4,7-10H2. The van der Waals surface area contributed by atoms with Gasteiger partial charge in [0.25, 0.3) is 0 Å². The van der Waals surface area contributed by atoms with Gasteiger partial charge in [0.2, 0.25) is 0 Å². The zero-order valence-corrected chi connectivity index (χ0v) is 11.0. The highest BCUT2D eigenvalue weighted by atomic mass is 16.3. The van der Waals surface area contributed by atoms with Crippen molar-refractivity contribution in [3.05, 3.63) is 29.3 Å². The van der Waals surface area contributed by atoms with Gasteiger partial charge >= 0.3 is 0 Å². The summed E-state index contributed by atoms with van der Waals surface area (Å²) in [5.74, 6) is 0. The Morgan fingerprint density at radius 1 is 0.944 bits per heavy atom. The number of hydrogen-bond acceptors (Lipinski definition) is 2. The van der Waals surface area contributed by atoms with Gasteiger partial charge in [0.15, 0.2) is 0 Å². The van der Waals surface area contributed by atoms with Gasteiger partial charge in [-0.15, -0.1) is 0 Å². The minimum absolute atomic E-state index is 0.0633. The molecule has 2 aliphatic rings. The lowest BCUT2D eigenvalue weighted by atomic mass is 9.90. The number of fused-ring (bicyclic) bond motifs is 1. The van der Waals surface area contributed by atoms with Crippen LogP contribution in [0.1, 0.15) is 49.7 Å². The molecule has 0 amide bonds. The molecule has 2 heteroatoms. The molecule has 0 aromatic heterocycles. The van der Waals surface area contributed by atoms with E-state index in [1.165, 1.54) is 31.4 Å². The highest BCUT2D eigenvalue weighted by Gasteiger charge is 2.19. The van der Waals surface area contributed by atoms with Crippen molar-refractivity contribution in [1.29, 1.82) is 0 Å². The van der Waals surface area contributed by atoms with Gasteiger partial charge in [-0.25, -0.2) is 0 Å². The van der Waals surface area contributed by atoms with Crippen molar-refractivity contribution in [1.82, 2.24) is 0 Å². The summed E-state index contributed by atoms with van der Waals surface area (Å²) in [4.78, 5) is 0. The molecule has 18 heavy (non-hydrogen) atoms. The van der Waals surface area contributed by atoms with E-state index in [9.17, 15) is 5.11 Å². The van der Waals surface area contributed by atoms with Crippen molar-refractivity contribution in [3.63, 3.8) is 0 Å². The summed E-state index contributed by atoms with van der Waals surface area (Å²) in [5.41, 5.74) is 4.37. The number of nitrogens with one attached hydrogen (secondary N) is 1. The predicted molar refractivity (Wildman–Crippen MR) is 75.0 cm³/mol. The van der Waals surface area contributed by atoms with Crippen LogP contribution in [-0.2, 0) is 12.8 Å². The number of aryl methyl sites for hydroxylation is 2. The molecule has 2 aliphatic carbocycles. The van der Waals surface area contributed by atoms with Crippen LogP contribution >= 0.6 is 0 Å². The van der Waals surface area contributed by atoms with Gasteiger partial charge in [-0.3, -0.25) is 0 Å². The largest absolute Gasteiger partial charge is 0.393 e. The molecule has 0 unspecified atom stereocenters. The first-order valence-corrected chi connectivity index (χ1v) is 7.38. The lowest BCUT2D eigenvalue weighted by Gasteiger charge is -2.27. The van der Waals surface area contributed by atoms with Gasteiger partial charge in [-0.05, 0) is 74.6 Å². The van der Waals surface area contributed by atoms with E-state index >= 15 is 0 Å². The molecule has 0 heterocycles. The van der Waals surface area contributed by atoms with Crippen molar-refractivity contribution in [2.75, 3.05) is 5.32 Å². The second-order valence-corrected chi connectivity index (χ2v) is 5.84. The molecular formula is C16H23NO. The van der Waals surface area contributed by atoms with Crippen molar-refractivity contribution in [3.8, 4) is 0 Å². The molecule has 1 saturated carbocycles. The van der Waals surface area contributed by atoms with Gasteiger partial charge in [-0.1, -0.05) is 6.07 Å². The van der Waals surface area contributed by atoms with Gasteiger partial charge < -0.3 is 10.4 Å². The van der Waals surface area contributed by atoms with E-state index in [4.69, 9.17) is 0 Å². The summed E-state index contributed by atoms with van der Waals surface area (Å²) in [7, 11) is 0. The maximum absolute atomic E-state index is 9.52. The molecule has 0 aliphatic heterocycles. The predicted octanol–water partition coefficient (Wildman–Crippen LogP) is 3.28. The van der Waals surface area contributed by atoms with E-state index in [-0.39, 0.29) is 6.10 Å². The third kappa shape index (κ3) is 2.69. The van der Waals surface area contributed by atoms with Crippen LogP contribution < -0.4 is 5.32 Å². The van der Waals surface area contributed by atoms with Crippen LogP contribution in [0, 0.1) is 0 Å². The minimum Gasteiger partial charge on any atom is -0.393 e. The van der Waals surface area contributed by atoms with E-state index in [1.54, 1.807) is 11.1 Å². The fourth-order valence-electron chi connectivity index (χ4n) is 3.28. The zero-order chi connectivity index (χ0) is 12.4. The summed E-state index contributed by atoms with van der Waals surface area (Å²) in [5, 5.41) is 13.2. The lowest BCUT2D eigenvalue weighted by molar-refractivity contribution is 0.126. The number of hydrogen-bond donors (Lipinski definition) is 2. The Labute approximate surface area is 109 Å². The van der Waals surface area contributed by atoms with Crippen LogP contribution in [0.2, 0.25) is 0 Å². The number of rotatable bonds is 2. The third-order valence-corrected chi connectivity index (χ3v) is 4.42. The number of benzene rings is 1. The van der Waals surface area contributed by atoms with Crippen LogP contribution in [0.5, 0.6) is 0 Å². The Hall–Kier alpha value is -1.02. The fourth-order valence-corrected chi connectivity index (χ4v) is 3.28. The summed E-state index contributed by atoms with van der Waals surface area (Å²) < 4.78 is 0. The molecule has 3 rings (SSSR count). The first-order valence-electron chi connectivity index (χ1n) is 7.38. The van der Waals surface area contributed by atoms with Crippen LogP contribution in [0.15, 0.2) is 18.2 Å². The van der Waals surface area contributed by atoms with E-state index < -0.39 is 0 Å². The maximum Gasteiger partial charge on any atom is 0.0541 e. The number of anilines is 1. The molecule has 1 aromatic carbocycles. The van der Waals surface area contributed by atoms with Crippen LogP contribution in [-0.4, -0.2) is 17.3 Å². The normalized spacial score (nSPS) is 27.6. The van der Waals surface area contributed by atoms with Crippen molar-refractivity contribution >= 4 is 5.69 Å². The zero-order valence-electron chi connectivity index (χ0n) is 11.0. The second kappa shape index (κ2) is 5.31. The fraction of sp³-hybridized carbons (Fsp3) is 0.625. The molecule has 0 saturated heterocycles. The highest BCUT2D eigenvalue weighted by molar-refractivity contribution is 5.50. The number of aliphatic hydroxyl groups is 1. The first kappa shape index (κ1) is 12.0. The maximum atomic E-state index is 9.52. The third-order valence-electron chi connectivity index (χ3n) is 4.42. The minimum atomic E-state index is -0.0633. The monoisotopic (exact) mass is 245 g/mol. The summed E-state index contributed by atoms with van der Waals surface area (Å²) in [6.45, 7) is 0. The molecule has 2 N–H and O–H groups in total. The molecular weight excluding hydrogens is 222 g/mol. The Kier molecular flexibility index (Phi) is 3.55. The topological polar surface area (TPSA) is 32.3 Å². The van der Waals surface area contributed by atoms with Gasteiger partial charge in [-0.2, -0.15) is 0 Å². The van der Waals surface area contributed by atoms with E-state index in [1.807, 2.05) is 0 Å². The summed E-state index contributed by atoms with van der Waals surface area (Å²) in [6.07, 6.45) is 9.21. The van der Waals surface area contributed by atoms with Crippen molar-refractivity contribution < 1.29 is 5.11 Å². The van der Waals surface area contributed by atoms with Crippen molar-refractivity contribution in [2.24, 2.45) is 0 Å².